The number of ether oxygens (including phenoxy) is 2. The van der Waals surface area contributed by atoms with E-state index >= 15 is 0 Å². The van der Waals surface area contributed by atoms with Gasteiger partial charge in [0.05, 0.1) is 18.8 Å². The Hall–Kier alpha value is -3.50. The summed E-state index contributed by atoms with van der Waals surface area (Å²) in [7, 11) is 2.73. The molecule has 1 heterocycles. The van der Waals surface area contributed by atoms with E-state index in [-0.39, 0.29) is 35.0 Å². The van der Waals surface area contributed by atoms with Gasteiger partial charge in [-0.3, -0.25) is 9.79 Å². The van der Waals surface area contributed by atoms with Gasteiger partial charge < -0.3 is 25.8 Å². The third-order valence-electron chi connectivity index (χ3n) is 4.94. The van der Waals surface area contributed by atoms with Gasteiger partial charge in [0.2, 0.25) is 5.95 Å². The molecule has 0 spiro atoms. The highest BCUT2D eigenvalue weighted by Crippen LogP contribution is 2.25. The predicted molar refractivity (Wildman–Crippen MR) is 124 cm³/mol. The Kier molecular flexibility index (Phi) is 8.89. The molecule has 33 heavy (non-hydrogen) atoms. The first-order valence-electron chi connectivity index (χ1n) is 10.7. The number of rotatable bonds is 7. The Bertz CT molecular complexity index is 938. The van der Waals surface area contributed by atoms with Crippen LogP contribution in [-0.2, 0) is 9.47 Å². The van der Waals surface area contributed by atoms with Crippen molar-refractivity contribution in [2.45, 2.75) is 64.1 Å². The number of aromatic nitrogens is 2. The van der Waals surface area contributed by atoms with E-state index in [0.29, 0.717) is 11.9 Å². The number of carbonyl (C=O) groups is 3. The molecule has 2 atom stereocenters. The number of carbonyl (C=O) groups excluding carboxylic acids is 3. The van der Waals surface area contributed by atoms with Crippen LogP contribution < -0.4 is 16.4 Å². The number of amides is 1. The molecule has 2 rings (SSSR count). The van der Waals surface area contributed by atoms with E-state index in [9.17, 15) is 14.4 Å². The summed E-state index contributed by atoms with van der Waals surface area (Å²) < 4.78 is 10.2. The van der Waals surface area contributed by atoms with Gasteiger partial charge in [0.1, 0.15) is 16.9 Å². The van der Waals surface area contributed by atoms with Crippen LogP contribution in [0, 0.1) is 0 Å². The maximum atomic E-state index is 12.4. The van der Waals surface area contributed by atoms with Crippen LogP contribution in [0.25, 0.3) is 5.57 Å². The Labute approximate surface area is 193 Å². The Balaban J connectivity index is 2.41. The van der Waals surface area contributed by atoms with Crippen LogP contribution in [0.1, 0.15) is 73.0 Å². The smallest absolute Gasteiger partial charge is 0.407 e. The van der Waals surface area contributed by atoms with Gasteiger partial charge in [-0.15, -0.1) is 0 Å². The number of aldehydes is 1. The zero-order chi connectivity index (χ0) is 24.6. The van der Waals surface area contributed by atoms with Crippen LogP contribution >= 0.6 is 0 Å². The number of nitrogens with zero attached hydrogens (tertiary/aromatic N) is 3. The topological polar surface area (TPSA) is 158 Å². The Morgan fingerprint density at radius 2 is 1.85 bits per heavy atom. The van der Waals surface area contributed by atoms with Gasteiger partial charge in [-0.05, 0) is 33.6 Å². The van der Waals surface area contributed by atoms with Gasteiger partial charge in [-0.25, -0.2) is 19.6 Å². The van der Waals surface area contributed by atoms with Crippen molar-refractivity contribution >= 4 is 36.1 Å². The zero-order valence-corrected chi connectivity index (χ0v) is 19.7. The molecule has 4 N–H and O–H groups in total. The fraction of sp³-hybridized carbons (Fsp3) is 0.545. The third-order valence-corrected chi connectivity index (χ3v) is 4.94. The van der Waals surface area contributed by atoms with Gasteiger partial charge in [-0.2, -0.15) is 0 Å². The first-order chi connectivity index (χ1) is 15.6. The SMILES string of the molecule is CN=C/C(=C\N)c1nc(N[C@@H]2CCCC[C@@H]2NC(=O)OC(C)(C)C)nc(C=O)c1C(=O)OC. The van der Waals surface area contributed by atoms with Crippen LogP contribution in [0.5, 0.6) is 0 Å². The summed E-state index contributed by atoms with van der Waals surface area (Å²) in [5, 5.41) is 6.11. The number of esters is 1. The molecular formula is C22H32N6O5. The molecule has 1 aromatic rings. The van der Waals surface area contributed by atoms with Crippen LogP contribution in [0.3, 0.4) is 0 Å². The van der Waals surface area contributed by atoms with E-state index in [1.807, 2.05) is 0 Å². The van der Waals surface area contributed by atoms with E-state index in [0.717, 1.165) is 25.7 Å². The first kappa shape index (κ1) is 25.8. The molecule has 1 aromatic heterocycles. The fourth-order valence-corrected chi connectivity index (χ4v) is 3.56. The molecule has 1 fully saturated rings. The molecule has 1 saturated carbocycles. The van der Waals surface area contributed by atoms with Gasteiger partial charge in [-0.1, -0.05) is 12.8 Å². The number of hydrogen-bond acceptors (Lipinski definition) is 10. The van der Waals surface area contributed by atoms with Crippen molar-refractivity contribution in [1.29, 1.82) is 0 Å². The third kappa shape index (κ3) is 6.99. The number of aliphatic imine (C=N–C) groups is 1. The Morgan fingerprint density at radius 3 is 2.39 bits per heavy atom. The summed E-state index contributed by atoms with van der Waals surface area (Å²) in [6.45, 7) is 5.39. The summed E-state index contributed by atoms with van der Waals surface area (Å²) in [5.41, 5.74) is 5.28. The van der Waals surface area contributed by atoms with Gasteiger partial charge in [0.25, 0.3) is 0 Å². The lowest BCUT2D eigenvalue weighted by molar-refractivity contribution is 0.0487. The molecule has 1 aliphatic rings. The number of hydrogen-bond donors (Lipinski definition) is 3. The number of alkyl carbamates (subject to hydrolysis) is 1. The van der Waals surface area contributed by atoms with Crippen molar-refractivity contribution in [2.75, 3.05) is 19.5 Å². The molecule has 0 aromatic carbocycles. The first-order valence-corrected chi connectivity index (χ1v) is 10.7. The Morgan fingerprint density at radius 1 is 1.18 bits per heavy atom. The molecule has 0 saturated heterocycles. The van der Waals surface area contributed by atoms with E-state index in [1.165, 1.54) is 26.6 Å². The van der Waals surface area contributed by atoms with Gasteiger partial charge in [0, 0.05) is 31.1 Å². The van der Waals surface area contributed by atoms with Gasteiger partial charge >= 0.3 is 12.1 Å². The zero-order valence-electron chi connectivity index (χ0n) is 19.7. The maximum Gasteiger partial charge on any atom is 0.407 e. The molecule has 11 heteroatoms. The lowest BCUT2D eigenvalue weighted by Gasteiger charge is -2.33. The van der Waals surface area contributed by atoms with E-state index in [2.05, 4.69) is 25.6 Å². The van der Waals surface area contributed by atoms with Crippen molar-refractivity contribution in [3.63, 3.8) is 0 Å². The summed E-state index contributed by atoms with van der Waals surface area (Å²) in [5.74, 6) is -0.656. The van der Waals surface area contributed by atoms with Crippen molar-refractivity contribution in [1.82, 2.24) is 15.3 Å². The van der Waals surface area contributed by atoms with Gasteiger partial charge in [0.15, 0.2) is 6.29 Å². The van der Waals surface area contributed by atoms with Crippen molar-refractivity contribution in [3.05, 3.63) is 23.2 Å². The lowest BCUT2D eigenvalue weighted by Crippen LogP contribution is -2.50. The summed E-state index contributed by atoms with van der Waals surface area (Å²) >= 11 is 0. The molecule has 0 unspecified atom stereocenters. The average molecular weight is 461 g/mol. The van der Waals surface area contributed by atoms with E-state index in [4.69, 9.17) is 15.2 Å². The second kappa shape index (κ2) is 11.4. The molecule has 1 aliphatic carbocycles. The molecule has 11 nitrogen and oxygen atoms in total. The number of anilines is 1. The average Bonchev–Trinajstić information content (AvgIpc) is 2.76. The highest BCUT2D eigenvalue weighted by molar-refractivity contribution is 6.14. The predicted octanol–water partition coefficient (Wildman–Crippen LogP) is 2.32. The van der Waals surface area contributed by atoms with Crippen molar-refractivity contribution in [2.24, 2.45) is 10.7 Å². The largest absolute Gasteiger partial charge is 0.465 e. The molecular weight excluding hydrogens is 428 g/mol. The van der Waals surface area contributed by atoms with Crippen LogP contribution in [0.2, 0.25) is 0 Å². The van der Waals surface area contributed by atoms with Crippen molar-refractivity contribution < 1.29 is 23.9 Å². The number of nitrogens with two attached hydrogens (primary N) is 1. The molecule has 0 aliphatic heterocycles. The normalized spacial score (nSPS) is 19.1. The summed E-state index contributed by atoms with van der Waals surface area (Å²) in [4.78, 5) is 49.0. The van der Waals surface area contributed by atoms with Crippen LogP contribution in [0.15, 0.2) is 11.2 Å². The minimum Gasteiger partial charge on any atom is -0.465 e. The molecule has 180 valence electrons. The highest BCUT2D eigenvalue weighted by Gasteiger charge is 2.30. The highest BCUT2D eigenvalue weighted by atomic mass is 16.6. The number of allylic oxidation sites excluding steroid dienone is 1. The van der Waals surface area contributed by atoms with E-state index in [1.54, 1.807) is 20.8 Å². The fourth-order valence-electron chi connectivity index (χ4n) is 3.56. The second-order valence-electron chi connectivity index (χ2n) is 8.56. The standard InChI is InChI=1S/C22H32N6O5/c1-22(2,3)33-21(31)27-15-9-7-6-8-14(15)25-20-26-16(12-29)17(19(30)32-5)18(28-20)13(10-23)11-24-4/h10-12,14-15H,6-9,23H2,1-5H3,(H,27,31)(H,25,26,28)/b13-10+,24-11?/t14-,15+/m1/s1. The quantitative estimate of drug-likeness (QED) is 0.315. The summed E-state index contributed by atoms with van der Waals surface area (Å²) in [6.07, 6.45) is 5.95. The molecule has 0 bridgehead atoms. The molecule has 1 amide bonds. The van der Waals surface area contributed by atoms with Crippen LogP contribution in [0.4, 0.5) is 10.7 Å². The molecule has 0 radical (unpaired) electrons. The van der Waals surface area contributed by atoms with Crippen molar-refractivity contribution in [3.8, 4) is 0 Å². The monoisotopic (exact) mass is 460 g/mol. The van der Waals surface area contributed by atoms with Crippen LogP contribution in [-0.4, -0.2) is 66.4 Å². The minimum atomic E-state index is -0.773. The second-order valence-corrected chi connectivity index (χ2v) is 8.56. The summed E-state index contributed by atoms with van der Waals surface area (Å²) in [6, 6.07) is -0.449. The number of methoxy groups -OCH3 is 1. The van der Waals surface area contributed by atoms with E-state index < -0.39 is 17.7 Å². The maximum absolute atomic E-state index is 12.4. The number of nitrogens with one attached hydrogen (secondary N) is 2. The lowest BCUT2D eigenvalue weighted by atomic mass is 9.90. The minimum absolute atomic E-state index is 0.110.